The number of rotatable bonds is 1. The minimum Gasteiger partial charge on any atom is -0.375 e. The molecule has 1 aliphatic heterocycles. The summed E-state index contributed by atoms with van der Waals surface area (Å²) in [6, 6.07) is 7.89. The van der Waals surface area contributed by atoms with Gasteiger partial charge in [0.15, 0.2) is 5.65 Å². The van der Waals surface area contributed by atoms with Gasteiger partial charge in [-0.2, -0.15) is 9.61 Å². The molecule has 4 rings (SSSR count). The van der Waals surface area contributed by atoms with E-state index in [1.807, 2.05) is 33.0 Å². The molecule has 1 aromatic carbocycles. The third-order valence-electron chi connectivity index (χ3n) is 4.55. The predicted octanol–water partition coefficient (Wildman–Crippen LogP) is 2.47. The Kier molecular flexibility index (Phi) is 4.41. The Morgan fingerprint density at radius 2 is 2.19 bits per heavy atom. The minimum atomic E-state index is -0.223. The summed E-state index contributed by atoms with van der Waals surface area (Å²) in [5.74, 6) is 1.14. The second kappa shape index (κ2) is 6.88. The molecule has 1 aliphatic rings. The average Bonchev–Trinajstić information content (AvgIpc) is 3.07. The Labute approximate surface area is 156 Å². The van der Waals surface area contributed by atoms with E-state index in [4.69, 9.17) is 4.74 Å². The lowest BCUT2D eigenvalue weighted by Crippen LogP contribution is -2.35. The summed E-state index contributed by atoms with van der Waals surface area (Å²) < 4.78 is 7.39. The van der Waals surface area contributed by atoms with Crippen LogP contribution in [-0.2, 0) is 11.3 Å². The van der Waals surface area contributed by atoms with Gasteiger partial charge in [-0.3, -0.25) is 4.79 Å². The van der Waals surface area contributed by atoms with Crippen LogP contribution in [0.4, 0.5) is 17.3 Å². The molecule has 1 amide bonds. The van der Waals surface area contributed by atoms with Crippen LogP contribution in [0.15, 0.2) is 30.5 Å². The molecule has 2 aromatic heterocycles. The highest BCUT2D eigenvalue weighted by Gasteiger charge is 2.19. The lowest BCUT2D eigenvalue weighted by molar-refractivity contribution is 0.0821. The van der Waals surface area contributed by atoms with Crippen molar-refractivity contribution < 1.29 is 9.53 Å². The molecule has 0 radical (unpaired) electrons. The number of nitrogens with zero attached hydrogens (tertiary/aromatic N) is 3. The van der Waals surface area contributed by atoms with Gasteiger partial charge in [-0.15, -0.1) is 0 Å². The summed E-state index contributed by atoms with van der Waals surface area (Å²) in [6.45, 7) is 4.84. The van der Waals surface area contributed by atoms with Crippen molar-refractivity contribution in [1.29, 1.82) is 0 Å². The highest BCUT2D eigenvalue weighted by molar-refractivity contribution is 6.00. The van der Waals surface area contributed by atoms with Crippen molar-refractivity contribution in [3.05, 3.63) is 47.2 Å². The molecule has 0 fully saturated rings. The van der Waals surface area contributed by atoms with Crippen LogP contribution in [0.2, 0.25) is 0 Å². The van der Waals surface area contributed by atoms with Gasteiger partial charge in [0.25, 0.3) is 5.91 Å². The molecule has 8 nitrogen and oxygen atoms in total. The van der Waals surface area contributed by atoms with Crippen LogP contribution < -0.4 is 16.0 Å². The zero-order valence-electron chi connectivity index (χ0n) is 15.5. The molecule has 0 aliphatic carbocycles. The van der Waals surface area contributed by atoms with E-state index in [0.717, 1.165) is 22.6 Å². The topological polar surface area (TPSA) is 92.6 Å². The number of aryl methyl sites for hydroxylation is 1. The highest BCUT2D eigenvalue weighted by atomic mass is 16.5. The molecule has 4 bridgehead atoms. The summed E-state index contributed by atoms with van der Waals surface area (Å²) in [4.78, 5) is 17.3. The van der Waals surface area contributed by atoms with E-state index in [2.05, 4.69) is 38.2 Å². The van der Waals surface area contributed by atoms with E-state index >= 15 is 0 Å². The number of nitrogens with one attached hydrogen (secondary N) is 3. The number of amides is 1. The molecule has 0 spiro atoms. The third-order valence-corrected chi connectivity index (χ3v) is 4.55. The van der Waals surface area contributed by atoms with Gasteiger partial charge in [0.2, 0.25) is 0 Å². The number of carbonyl (C=O) groups excluding carboxylic acids is 1. The fourth-order valence-corrected chi connectivity index (χ4v) is 3.09. The third kappa shape index (κ3) is 3.31. The van der Waals surface area contributed by atoms with E-state index < -0.39 is 0 Å². The zero-order chi connectivity index (χ0) is 19.0. The van der Waals surface area contributed by atoms with Crippen LogP contribution in [0.5, 0.6) is 0 Å². The lowest BCUT2D eigenvalue weighted by Gasteiger charge is -2.17. The van der Waals surface area contributed by atoms with Crippen LogP contribution in [0.3, 0.4) is 0 Å². The normalized spacial score (nSPS) is 17.3. The number of anilines is 3. The quantitative estimate of drug-likeness (QED) is 0.613. The Bertz CT molecular complexity index is 1010. The second-order valence-electron chi connectivity index (χ2n) is 6.73. The standard InChI is InChI=1S/C19H22N6O2/c1-11-4-5-13-6-15(11)23-16-7-17(20-3)25-18(24-16)14(8-21-25)19(26)22-12(2)9-27-10-13/h4-8,12,20H,9-10H2,1-3H3,(H,22,26)(H,23,24)/t12-/m1/s1. The Balaban J connectivity index is 1.88. The van der Waals surface area contributed by atoms with E-state index in [1.54, 1.807) is 4.52 Å². The Morgan fingerprint density at radius 1 is 1.33 bits per heavy atom. The second-order valence-corrected chi connectivity index (χ2v) is 6.73. The molecule has 8 heteroatoms. The van der Waals surface area contributed by atoms with Crippen LogP contribution >= 0.6 is 0 Å². The van der Waals surface area contributed by atoms with Crippen molar-refractivity contribution in [2.45, 2.75) is 26.5 Å². The summed E-state index contributed by atoms with van der Waals surface area (Å²) in [7, 11) is 1.81. The van der Waals surface area contributed by atoms with Gasteiger partial charge in [0.1, 0.15) is 17.2 Å². The van der Waals surface area contributed by atoms with Crippen LogP contribution in [0, 0.1) is 6.92 Å². The average molecular weight is 366 g/mol. The molecule has 0 unspecified atom stereocenters. The van der Waals surface area contributed by atoms with Crippen molar-refractivity contribution in [3.8, 4) is 0 Å². The van der Waals surface area contributed by atoms with E-state index in [1.165, 1.54) is 6.20 Å². The van der Waals surface area contributed by atoms with Gasteiger partial charge in [-0.05, 0) is 31.0 Å². The largest absolute Gasteiger partial charge is 0.375 e. The van der Waals surface area contributed by atoms with E-state index in [0.29, 0.717) is 30.2 Å². The molecule has 0 saturated heterocycles. The maximum Gasteiger partial charge on any atom is 0.257 e. The number of hydrogen-bond acceptors (Lipinski definition) is 6. The first-order valence-corrected chi connectivity index (χ1v) is 8.87. The summed E-state index contributed by atoms with van der Waals surface area (Å²) >= 11 is 0. The number of benzene rings is 1. The van der Waals surface area contributed by atoms with Gasteiger partial charge < -0.3 is 20.7 Å². The molecule has 3 N–H and O–H groups in total. The van der Waals surface area contributed by atoms with Crippen molar-refractivity contribution in [1.82, 2.24) is 19.9 Å². The van der Waals surface area contributed by atoms with Gasteiger partial charge >= 0.3 is 0 Å². The molecule has 0 saturated carbocycles. The number of ether oxygens (including phenoxy) is 1. The number of hydrogen-bond donors (Lipinski definition) is 3. The molecule has 3 aromatic rings. The van der Waals surface area contributed by atoms with Gasteiger partial charge in [-0.25, -0.2) is 4.98 Å². The number of aromatic nitrogens is 3. The molecule has 27 heavy (non-hydrogen) atoms. The Hall–Kier alpha value is -3.13. The highest BCUT2D eigenvalue weighted by Crippen LogP contribution is 2.25. The predicted molar refractivity (Wildman–Crippen MR) is 104 cm³/mol. The monoisotopic (exact) mass is 366 g/mol. The van der Waals surface area contributed by atoms with Crippen LogP contribution in [-0.4, -0.2) is 40.2 Å². The van der Waals surface area contributed by atoms with Crippen molar-refractivity contribution >= 4 is 28.9 Å². The number of fused-ring (bicyclic) bond motifs is 3. The van der Waals surface area contributed by atoms with Crippen LogP contribution in [0.25, 0.3) is 5.65 Å². The van der Waals surface area contributed by atoms with Crippen molar-refractivity contribution in [2.24, 2.45) is 0 Å². The fraction of sp³-hybridized carbons (Fsp3) is 0.316. The lowest BCUT2D eigenvalue weighted by atomic mass is 10.1. The summed E-state index contributed by atoms with van der Waals surface area (Å²) in [5.41, 5.74) is 4.01. The first-order valence-electron chi connectivity index (χ1n) is 8.87. The van der Waals surface area contributed by atoms with E-state index in [9.17, 15) is 4.79 Å². The smallest absolute Gasteiger partial charge is 0.257 e. The first kappa shape index (κ1) is 17.3. The van der Waals surface area contributed by atoms with E-state index in [-0.39, 0.29) is 11.9 Å². The number of carbonyl (C=O) groups is 1. The summed E-state index contributed by atoms with van der Waals surface area (Å²) in [6.07, 6.45) is 1.54. The van der Waals surface area contributed by atoms with Gasteiger partial charge in [0.05, 0.1) is 19.4 Å². The fourth-order valence-electron chi connectivity index (χ4n) is 3.09. The maximum atomic E-state index is 12.7. The SMILES string of the molecule is CNc1cc2nc3c(cnn13)C(=O)N[C@H](C)COCc1ccc(C)c(c1)N2. The first-order chi connectivity index (χ1) is 13.0. The van der Waals surface area contributed by atoms with Crippen molar-refractivity contribution in [2.75, 3.05) is 24.3 Å². The molecule has 140 valence electrons. The molecular formula is C19H22N6O2. The van der Waals surface area contributed by atoms with Crippen LogP contribution in [0.1, 0.15) is 28.4 Å². The zero-order valence-corrected chi connectivity index (χ0v) is 15.5. The van der Waals surface area contributed by atoms with Gasteiger partial charge in [0, 0.05) is 24.8 Å². The maximum absolute atomic E-state index is 12.7. The molecule has 1 atom stereocenters. The molecule has 3 heterocycles. The van der Waals surface area contributed by atoms with Crippen molar-refractivity contribution in [3.63, 3.8) is 0 Å². The minimum absolute atomic E-state index is 0.134. The molecular weight excluding hydrogens is 344 g/mol. The Morgan fingerprint density at radius 3 is 3.00 bits per heavy atom. The van der Waals surface area contributed by atoms with Gasteiger partial charge in [-0.1, -0.05) is 12.1 Å². The summed E-state index contributed by atoms with van der Waals surface area (Å²) in [5, 5.41) is 13.7.